The Morgan fingerprint density at radius 2 is 1.28 bits per heavy atom. The fraction of sp³-hybridized carbons (Fsp3) is 0.367. The number of allylic oxidation sites excluding steroid dienone is 17. The van der Waals surface area contributed by atoms with Crippen molar-refractivity contribution in [3.05, 3.63) is 106 Å². The van der Waals surface area contributed by atoms with Gasteiger partial charge in [0.1, 0.15) is 6.29 Å². The van der Waals surface area contributed by atoms with Crippen molar-refractivity contribution in [3.8, 4) is 0 Å². The molecule has 2 heteroatoms. The second kappa shape index (κ2) is 13.6. The maximum Gasteiger partial charge on any atom is 0.145 e. The van der Waals surface area contributed by atoms with Crippen molar-refractivity contribution in [2.24, 2.45) is 5.41 Å². The molecule has 0 amide bonds. The Labute approximate surface area is 195 Å². The summed E-state index contributed by atoms with van der Waals surface area (Å²) >= 11 is 0. The van der Waals surface area contributed by atoms with E-state index in [-0.39, 0.29) is 11.5 Å². The summed E-state index contributed by atoms with van der Waals surface area (Å²) in [5, 5.41) is 10.0. The first-order chi connectivity index (χ1) is 15.0. The number of hydrogen-bond donors (Lipinski definition) is 1. The van der Waals surface area contributed by atoms with E-state index in [0.717, 1.165) is 24.7 Å². The van der Waals surface area contributed by atoms with E-state index in [1.807, 2.05) is 37.3 Å². The van der Waals surface area contributed by atoms with Gasteiger partial charge in [-0.05, 0) is 64.0 Å². The molecular weight excluding hydrogens is 392 g/mol. The van der Waals surface area contributed by atoms with E-state index in [1.165, 1.54) is 22.3 Å². The molecule has 0 aromatic heterocycles. The third-order valence-electron chi connectivity index (χ3n) is 5.44. The lowest BCUT2D eigenvalue weighted by molar-refractivity contribution is -0.104. The zero-order chi connectivity index (χ0) is 24.1. The Morgan fingerprint density at radius 1 is 0.812 bits per heavy atom. The molecule has 1 atom stereocenters. The van der Waals surface area contributed by atoms with Crippen molar-refractivity contribution in [2.45, 2.75) is 67.4 Å². The van der Waals surface area contributed by atoms with Crippen molar-refractivity contribution < 1.29 is 9.90 Å². The second-order valence-electron chi connectivity index (χ2n) is 9.34. The Hall–Kier alpha value is -2.71. The normalized spacial score (nSPS) is 21.7. The van der Waals surface area contributed by atoms with E-state index in [9.17, 15) is 9.90 Å². The molecular formula is C30H40O2. The average molecular weight is 433 g/mol. The van der Waals surface area contributed by atoms with E-state index in [1.54, 1.807) is 13.0 Å². The molecule has 32 heavy (non-hydrogen) atoms. The summed E-state index contributed by atoms with van der Waals surface area (Å²) in [4.78, 5) is 10.6. The minimum absolute atomic E-state index is 0.00771. The molecule has 0 fully saturated rings. The summed E-state index contributed by atoms with van der Waals surface area (Å²) in [5.41, 5.74) is 6.81. The zero-order valence-corrected chi connectivity index (χ0v) is 20.9. The Kier molecular flexibility index (Phi) is 11.7. The Bertz CT molecular complexity index is 922. The molecule has 0 radical (unpaired) electrons. The SMILES string of the molecule is CC1=C(/C=C/C(C)=C\C=C/C(C)=C/C=C/C=C(C)/C=C/C=C(\C)C=O)C(C)(C)CC(O)C1. The first-order valence-electron chi connectivity index (χ1n) is 11.3. The first-order valence-corrected chi connectivity index (χ1v) is 11.3. The lowest BCUT2D eigenvalue weighted by Gasteiger charge is -2.35. The van der Waals surface area contributed by atoms with E-state index >= 15 is 0 Å². The van der Waals surface area contributed by atoms with Crippen LogP contribution in [0.3, 0.4) is 0 Å². The van der Waals surface area contributed by atoms with Gasteiger partial charge in [0.15, 0.2) is 0 Å². The van der Waals surface area contributed by atoms with Gasteiger partial charge in [-0.15, -0.1) is 0 Å². The van der Waals surface area contributed by atoms with Crippen LogP contribution in [-0.2, 0) is 4.79 Å². The molecule has 0 aromatic carbocycles. The predicted molar refractivity (Wildman–Crippen MR) is 139 cm³/mol. The average Bonchev–Trinajstić information content (AvgIpc) is 2.69. The van der Waals surface area contributed by atoms with Gasteiger partial charge in [-0.2, -0.15) is 0 Å². The maximum atomic E-state index is 10.6. The second-order valence-corrected chi connectivity index (χ2v) is 9.34. The van der Waals surface area contributed by atoms with Gasteiger partial charge in [-0.3, -0.25) is 4.79 Å². The van der Waals surface area contributed by atoms with E-state index in [2.05, 4.69) is 71.1 Å². The fourth-order valence-corrected chi connectivity index (χ4v) is 3.72. The molecule has 0 bridgehead atoms. The van der Waals surface area contributed by atoms with Crippen LogP contribution < -0.4 is 0 Å². The van der Waals surface area contributed by atoms with Crippen LogP contribution in [0.25, 0.3) is 0 Å². The predicted octanol–water partition coefficient (Wildman–Crippen LogP) is 7.69. The molecule has 0 aliphatic heterocycles. The fourth-order valence-electron chi connectivity index (χ4n) is 3.72. The molecule has 1 N–H and O–H groups in total. The lowest BCUT2D eigenvalue weighted by Crippen LogP contribution is -2.28. The third kappa shape index (κ3) is 10.5. The standard InChI is InChI=1S/C30H40O2/c1-23(12-8-9-13-24(2)15-11-17-26(4)22-31)14-10-16-25(3)18-19-29-27(5)20-28(32)21-30(29,6)7/h8-19,22,28,32H,20-21H2,1-7H3/b9-8+,14-10-,15-11+,19-18+,23-12+,24-13+,25-16-,26-17+. The van der Waals surface area contributed by atoms with Gasteiger partial charge in [0, 0.05) is 0 Å². The van der Waals surface area contributed by atoms with Crippen LogP contribution in [0.4, 0.5) is 0 Å². The van der Waals surface area contributed by atoms with Crippen LogP contribution in [0.1, 0.15) is 61.3 Å². The summed E-state index contributed by atoms with van der Waals surface area (Å²) in [5.74, 6) is 0. The Balaban J connectivity index is 2.68. The summed E-state index contributed by atoms with van der Waals surface area (Å²) in [6.07, 6.45) is 26.6. The van der Waals surface area contributed by atoms with Gasteiger partial charge in [0.05, 0.1) is 6.10 Å². The van der Waals surface area contributed by atoms with Gasteiger partial charge in [0.2, 0.25) is 0 Å². The van der Waals surface area contributed by atoms with Gasteiger partial charge in [-0.25, -0.2) is 0 Å². The van der Waals surface area contributed by atoms with Crippen molar-refractivity contribution >= 4 is 6.29 Å². The number of aliphatic hydroxyl groups excluding tert-OH is 1. The minimum Gasteiger partial charge on any atom is -0.393 e. The van der Waals surface area contributed by atoms with Crippen LogP contribution >= 0.6 is 0 Å². The van der Waals surface area contributed by atoms with E-state index < -0.39 is 0 Å². The van der Waals surface area contributed by atoms with Crippen LogP contribution in [0.5, 0.6) is 0 Å². The van der Waals surface area contributed by atoms with Crippen LogP contribution in [-0.4, -0.2) is 17.5 Å². The van der Waals surface area contributed by atoms with Crippen molar-refractivity contribution in [1.82, 2.24) is 0 Å². The van der Waals surface area contributed by atoms with E-state index in [4.69, 9.17) is 0 Å². The molecule has 1 aliphatic rings. The smallest absolute Gasteiger partial charge is 0.145 e. The summed E-state index contributed by atoms with van der Waals surface area (Å²) < 4.78 is 0. The largest absolute Gasteiger partial charge is 0.393 e. The van der Waals surface area contributed by atoms with Gasteiger partial charge >= 0.3 is 0 Å². The summed E-state index contributed by atoms with van der Waals surface area (Å²) in [7, 11) is 0. The van der Waals surface area contributed by atoms with Crippen molar-refractivity contribution in [3.63, 3.8) is 0 Å². The molecule has 1 rings (SSSR count). The molecule has 1 aliphatic carbocycles. The number of hydrogen-bond acceptors (Lipinski definition) is 2. The number of carbonyl (C=O) groups is 1. The molecule has 0 spiro atoms. The number of rotatable bonds is 9. The Morgan fingerprint density at radius 3 is 1.78 bits per heavy atom. The highest BCUT2D eigenvalue weighted by atomic mass is 16.3. The molecule has 0 aromatic rings. The minimum atomic E-state index is -0.226. The molecule has 0 saturated carbocycles. The quantitative estimate of drug-likeness (QED) is 0.230. The number of aldehydes is 1. The van der Waals surface area contributed by atoms with Gasteiger partial charge in [0.25, 0.3) is 0 Å². The summed E-state index contributed by atoms with van der Waals surface area (Å²) in [6, 6.07) is 0. The zero-order valence-electron chi connectivity index (χ0n) is 20.9. The first kappa shape index (κ1) is 27.3. The molecule has 0 saturated heterocycles. The highest BCUT2D eigenvalue weighted by Gasteiger charge is 2.31. The van der Waals surface area contributed by atoms with Crippen LogP contribution in [0, 0.1) is 5.41 Å². The van der Waals surface area contributed by atoms with Crippen molar-refractivity contribution in [1.29, 1.82) is 0 Å². The highest BCUT2D eigenvalue weighted by Crippen LogP contribution is 2.41. The monoisotopic (exact) mass is 432 g/mol. The van der Waals surface area contributed by atoms with E-state index in [0.29, 0.717) is 5.57 Å². The number of carbonyl (C=O) groups excluding carboxylic acids is 1. The molecule has 2 nitrogen and oxygen atoms in total. The molecule has 1 unspecified atom stereocenters. The lowest BCUT2D eigenvalue weighted by atomic mass is 9.71. The highest BCUT2D eigenvalue weighted by molar-refractivity contribution is 5.72. The molecule has 0 heterocycles. The van der Waals surface area contributed by atoms with Gasteiger partial charge < -0.3 is 5.11 Å². The summed E-state index contributed by atoms with van der Waals surface area (Å²) in [6.45, 7) is 14.5. The van der Waals surface area contributed by atoms with Gasteiger partial charge in [-0.1, -0.05) is 109 Å². The molecule has 172 valence electrons. The number of aliphatic hydroxyl groups is 1. The third-order valence-corrected chi connectivity index (χ3v) is 5.44. The van der Waals surface area contributed by atoms with Crippen molar-refractivity contribution in [2.75, 3.05) is 0 Å². The maximum absolute atomic E-state index is 10.6. The van der Waals surface area contributed by atoms with Crippen LogP contribution in [0.2, 0.25) is 0 Å². The topological polar surface area (TPSA) is 37.3 Å². The van der Waals surface area contributed by atoms with Crippen LogP contribution in [0.15, 0.2) is 106 Å².